The molecule has 0 saturated heterocycles. The minimum atomic E-state index is -2.99. The summed E-state index contributed by atoms with van der Waals surface area (Å²) >= 11 is 0. The molecule has 13 heavy (non-hydrogen) atoms. The van der Waals surface area contributed by atoms with Crippen molar-refractivity contribution in [2.75, 3.05) is 5.32 Å². The van der Waals surface area contributed by atoms with Crippen LogP contribution in [-0.4, -0.2) is 17.3 Å². The van der Waals surface area contributed by atoms with E-state index in [1.807, 2.05) is 0 Å². The third kappa shape index (κ3) is 2.47. The predicted octanol–water partition coefficient (Wildman–Crippen LogP) is 1.59. The van der Waals surface area contributed by atoms with E-state index >= 15 is 0 Å². The zero-order valence-corrected chi connectivity index (χ0v) is 6.92. The van der Waals surface area contributed by atoms with Crippen LogP contribution in [0.3, 0.4) is 0 Å². The van der Waals surface area contributed by atoms with Crippen molar-refractivity contribution in [3.8, 4) is 0 Å². The van der Waals surface area contributed by atoms with Crippen LogP contribution >= 0.6 is 0 Å². The molecule has 1 N–H and O–H groups in total. The molecule has 0 aliphatic rings. The van der Waals surface area contributed by atoms with E-state index < -0.39 is 12.3 Å². The van der Waals surface area contributed by atoms with Crippen molar-refractivity contribution in [3.05, 3.63) is 24.0 Å². The van der Waals surface area contributed by atoms with Crippen LogP contribution < -0.4 is 5.32 Å². The summed E-state index contributed by atoms with van der Waals surface area (Å²) in [6.45, 7) is 1.67. The Morgan fingerprint density at radius 3 is 2.85 bits per heavy atom. The van der Waals surface area contributed by atoms with Gasteiger partial charge in [-0.2, -0.15) is 8.78 Å². The summed E-state index contributed by atoms with van der Waals surface area (Å²) in [5.41, 5.74) is 1.01. The van der Waals surface area contributed by atoms with Gasteiger partial charge in [0.15, 0.2) is 0 Å². The molecule has 1 aromatic rings. The van der Waals surface area contributed by atoms with Crippen molar-refractivity contribution in [1.29, 1.82) is 0 Å². The molecular formula is C8H8F2N2O. The summed E-state index contributed by atoms with van der Waals surface area (Å²) in [4.78, 5) is 14.3. The van der Waals surface area contributed by atoms with Crippen molar-refractivity contribution in [3.63, 3.8) is 0 Å². The summed E-state index contributed by atoms with van der Waals surface area (Å²) in [5.74, 6) is -1.30. The number of amides is 1. The number of carbonyl (C=O) groups excluding carboxylic acids is 1. The molecule has 0 unspecified atom stereocenters. The van der Waals surface area contributed by atoms with Crippen molar-refractivity contribution in [1.82, 2.24) is 4.98 Å². The fraction of sp³-hybridized carbons (Fsp3) is 0.250. The Kier molecular flexibility index (Phi) is 2.89. The SMILES string of the molecule is Cc1cnccc1NC(=O)C(F)F. The van der Waals surface area contributed by atoms with Gasteiger partial charge in [0.05, 0.1) is 0 Å². The van der Waals surface area contributed by atoms with E-state index in [1.165, 1.54) is 18.5 Å². The highest BCUT2D eigenvalue weighted by molar-refractivity contribution is 5.93. The molecule has 0 atom stereocenters. The van der Waals surface area contributed by atoms with E-state index in [1.54, 1.807) is 6.92 Å². The lowest BCUT2D eigenvalue weighted by atomic mass is 10.2. The first-order valence-corrected chi connectivity index (χ1v) is 3.61. The minimum Gasteiger partial charge on any atom is -0.321 e. The van der Waals surface area contributed by atoms with Crippen molar-refractivity contribution in [2.24, 2.45) is 0 Å². The summed E-state index contributed by atoms with van der Waals surface area (Å²) < 4.78 is 23.6. The van der Waals surface area contributed by atoms with Gasteiger partial charge in [-0.15, -0.1) is 0 Å². The number of carbonyl (C=O) groups is 1. The zero-order chi connectivity index (χ0) is 9.84. The molecule has 0 fully saturated rings. The van der Waals surface area contributed by atoms with Gasteiger partial charge in [0.25, 0.3) is 5.91 Å². The first kappa shape index (κ1) is 9.57. The fourth-order valence-corrected chi connectivity index (χ4v) is 0.801. The summed E-state index contributed by atoms with van der Waals surface area (Å²) in [6, 6.07) is 1.47. The molecule has 0 aromatic carbocycles. The molecule has 3 nitrogen and oxygen atoms in total. The summed E-state index contributed by atoms with van der Waals surface area (Å²) in [7, 11) is 0. The Morgan fingerprint density at radius 1 is 1.62 bits per heavy atom. The highest BCUT2D eigenvalue weighted by atomic mass is 19.3. The Labute approximate surface area is 73.8 Å². The van der Waals surface area contributed by atoms with Gasteiger partial charge in [-0.05, 0) is 18.6 Å². The second-order valence-electron chi connectivity index (χ2n) is 2.48. The van der Waals surface area contributed by atoms with Crippen LogP contribution in [0, 0.1) is 6.92 Å². The second kappa shape index (κ2) is 3.93. The van der Waals surface area contributed by atoms with Gasteiger partial charge in [0.2, 0.25) is 0 Å². The van der Waals surface area contributed by atoms with Crippen LogP contribution in [-0.2, 0) is 4.79 Å². The van der Waals surface area contributed by atoms with Gasteiger partial charge in [0.1, 0.15) is 0 Å². The molecule has 0 spiro atoms. The van der Waals surface area contributed by atoms with Crippen molar-refractivity contribution >= 4 is 11.6 Å². The number of nitrogens with zero attached hydrogens (tertiary/aromatic N) is 1. The number of pyridine rings is 1. The number of aromatic nitrogens is 1. The lowest BCUT2D eigenvalue weighted by Gasteiger charge is -2.05. The minimum absolute atomic E-state index is 0.361. The van der Waals surface area contributed by atoms with Crippen LogP contribution in [0.5, 0.6) is 0 Å². The lowest BCUT2D eigenvalue weighted by molar-refractivity contribution is -0.126. The average Bonchev–Trinajstić information content (AvgIpc) is 2.08. The number of rotatable bonds is 2. The zero-order valence-electron chi connectivity index (χ0n) is 6.92. The first-order valence-electron chi connectivity index (χ1n) is 3.61. The third-order valence-electron chi connectivity index (χ3n) is 1.48. The van der Waals surface area contributed by atoms with Crippen LogP contribution in [0.4, 0.5) is 14.5 Å². The Hall–Kier alpha value is -1.52. The smallest absolute Gasteiger partial charge is 0.315 e. The number of hydrogen-bond acceptors (Lipinski definition) is 2. The van der Waals surface area contributed by atoms with E-state index in [9.17, 15) is 13.6 Å². The van der Waals surface area contributed by atoms with Crippen LogP contribution in [0.1, 0.15) is 5.56 Å². The molecule has 1 heterocycles. The monoisotopic (exact) mass is 186 g/mol. The highest BCUT2D eigenvalue weighted by Crippen LogP contribution is 2.12. The van der Waals surface area contributed by atoms with Gasteiger partial charge >= 0.3 is 6.43 Å². The molecule has 0 aliphatic carbocycles. The number of hydrogen-bond donors (Lipinski definition) is 1. The molecule has 0 radical (unpaired) electrons. The van der Waals surface area contributed by atoms with Crippen molar-refractivity contribution in [2.45, 2.75) is 13.3 Å². The van der Waals surface area contributed by atoms with E-state index in [2.05, 4.69) is 10.3 Å². The van der Waals surface area contributed by atoms with Gasteiger partial charge < -0.3 is 5.32 Å². The molecule has 5 heteroatoms. The molecule has 0 bridgehead atoms. The molecule has 0 saturated carbocycles. The number of alkyl halides is 2. The maximum Gasteiger partial charge on any atom is 0.315 e. The summed E-state index contributed by atoms with van der Waals surface area (Å²) in [6.07, 6.45) is -0.0811. The molecule has 0 aliphatic heterocycles. The van der Waals surface area contributed by atoms with Gasteiger partial charge in [-0.25, -0.2) is 0 Å². The predicted molar refractivity (Wildman–Crippen MR) is 43.6 cm³/mol. The molecule has 70 valence electrons. The molecule has 1 aromatic heterocycles. The van der Waals surface area contributed by atoms with E-state index in [-0.39, 0.29) is 0 Å². The standard InChI is InChI=1S/C8H8F2N2O/c1-5-4-11-3-2-6(5)12-8(13)7(9)10/h2-4,7H,1H3,(H,11,12,13). The maximum atomic E-state index is 11.8. The molecule has 1 amide bonds. The van der Waals surface area contributed by atoms with Crippen LogP contribution in [0.25, 0.3) is 0 Å². The second-order valence-corrected chi connectivity index (χ2v) is 2.48. The van der Waals surface area contributed by atoms with E-state index in [0.717, 1.165) is 0 Å². The number of aryl methyl sites for hydroxylation is 1. The third-order valence-corrected chi connectivity index (χ3v) is 1.48. The normalized spacial score (nSPS) is 10.2. The van der Waals surface area contributed by atoms with Crippen LogP contribution in [0.15, 0.2) is 18.5 Å². The van der Waals surface area contributed by atoms with Gasteiger partial charge in [-0.3, -0.25) is 9.78 Å². The first-order chi connectivity index (χ1) is 6.11. The van der Waals surface area contributed by atoms with Crippen molar-refractivity contribution < 1.29 is 13.6 Å². The quantitative estimate of drug-likeness (QED) is 0.762. The highest BCUT2D eigenvalue weighted by Gasteiger charge is 2.15. The van der Waals surface area contributed by atoms with Crippen LogP contribution in [0.2, 0.25) is 0 Å². The van der Waals surface area contributed by atoms with Gasteiger partial charge in [0, 0.05) is 18.1 Å². The Balaban J connectivity index is 2.75. The van der Waals surface area contributed by atoms with E-state index in [0.29, 0.717) is 11.3 Å². The largest absolute Gasteiger partial charge is 0.321 e. The number of anilines is 1. The average molecular weight is 186 g/mol. The van der Waals surface area contributed by atoms with E-state index in [4.69, 9.17) is 0 Å². The fourth-order valence-electron chi connectivity index (χ4n) is 0.801. The topological polar surface area (TPSA) is 42.0 Å². The lowest BCUT2D eigenvalue weighted by Crippen LogP contribution is -2.20. The Morgan fingerprint density at radius 2 is 2.31 bits per heavy atom. The molecule has 1 rings (SSSR count). The number of nitrogens with one attached hydrogen (secondary N) is 1. The van der Waals surface area contributed by atoms with Gasteiger partial charge in [-0.1, -0.05) is 0 Å². The number of halogens is 2. The molecular weight excluding hydrogens is 178 g/mol. The Bertz CT molecular complexity index is 315. The summed E-state index contributed by atoms with van der Waals surface area (Å²) in [5, 5.41) is 2.08. The maximum absolute atomic E-state index is 11.8.